The van der Waals surface area contributed by atoms with Crippen LogP contribution in [0.4, 0.5) is 5.13 Å². The molecule has 0 amide bonds. The molecule has 0 saturated heterocycles. The highest BCUT2D eigenvalue weighted by Crippen LogP contribution is 2.36. The van der Waals surface area contributed by atoms with Crippen LogP contribution >= 0.6 is 11.3 Å². The standard InChI is InChI=1S/C15H20N4OS/c20-13-8-9-16-14-19(13)17-15(21-14)18(10-11-6-7-11)12-4-2-1-3-5-12/h8-9,11-12H,1-7,10H2. The van der Waals surface area contributed by atoms with Crippen molar-refractivity contribution in [2.45, 2.75) is 51.0 Å². The van der Waals surface area contributed by atoms with Crippen molar-refractivity contribution in [1.29, 1.82) is 0 Å². The largest absolute Gasteiger partial charge is 0.343 e. The van der Waals surface area contributed by atoms with E-state index < -0.39 is 0 Å². The molecule has 2 aromatic rings. The first-order chi connectivity index (χ1) is 10.3. The van der Waals surface area contributed by atoms with Crippen molar-refractivity contribution in [1.82, 2.24) is 14.6 Å². The number of aromatic nitrogens is 3. The van der Waals surface area contributed by atoms with Gasteiger partial charge in [-0.1, -0.05) is 30.6 Å². The molecule has 0 N–H and O–H groups in total. The molecular formula is C15H20N4OS. The molecular weight excluding hydrogens is 284 g/mol. The van der Waals surface area contributed by atoms with Crippen LogP contribution in [-0.2, 0) is 0 Å². The molecule has 0 bridgehead atoms. The van der Waals surface area contributed by atoms with Crippen LogP contribution in [0.25, 0.3) is 4.96 Å². The Morgan fingerprint density at radius 3 is 2.76 bits per heavy atom. The fraction of sp³-hybridized carbons (Fsp3) is 0.667. The number of fused-ring (bicyclic) bond motifs is 1. The van der Waals surface area contributed by atoms with Crippen molar-refractivity contribution < 1.29 is 0 Å². The molecule has 0 radical (unpaired) electrons. The summed E-state index contributed by atoms with van der Waals surface area (Å²) < 4.78 is 1.45. The summed E-state index contributed by atoms with van der Waals surface area (Å²) in [6.45, 7) is 1.10. The minimum Gasteiger partial charge on any atom is -0.343 e. The molecule has 6 heteroatoms. The van der Waals surface area contributed by atoms with Gasteiger partial charge in [-0.25, -0.2) is 4.98 Å². The Balaban J connectivity index is 1.69. The predicted octanol–water partition coefficient (Wildman–Crippen LogP) is 2.70. The number of nitrogens with zero attached hydrogens (tertiary/aromatic N) is 4. The molecule has 2 aliphatic rings. The van der Waals surface area contributed by atoms with Gasteiger partial charge in [-0.15, -0.1) is 5.10 Å². The van der Waals surface area contributed by atoms with E-state index in [-0.39, 0.29) is 5.56 Å². The van der Waals surface area contributed by atoms with Gasteiger partial charge in [0.1, 0.15) is 0 Å². The van der Waals surface area contributed by atoms with E-state index in [4.69, 9.17) is 0 Å². The third-order valence-corrected chi connectivity index (χ3v) is 5.53. The van der Waals surface area contributed by atoms with Crippen LogP contribution in [0.3, 0.4) is 0 Å². The molecule has 2 saturated carbocycles. The van der Waals surface area contributed by atoms with E-state index in [1.165, 1.54) is 55.5 Å². The summed E-state index contributed by atoms with van der Waals surface area (Å²) in [6.07, 6.45) is 10.7. The van der Waals surface area contributed by atoms with Crippen LogP contribution in [0.15, 0.2) is 17.1 Å². The zero-order valence-electron chi connectivity index (χ0n) is 12.1. The van der Waals surface area contributed by atoms with Crippen LogP contribution in [0.2, 0.25) is 0 Å². The minimum atomic E-state index is -0.0856. The smallest absolute Gasteiger partial charge is 0.275 e. The molecule has 2 aromatic heterocycles. The van der Waals surface area contributed by atoms with Crippen LogP contribution in [0.5, 0.6) is 0 Å². The van der Waals surface area contributed by atoms with Gasteiger partial charge in [-0.3, -0.25) is 4.79 Å². The van der Waals surface area contributed by atoms with Crippen molar-refractivity contribution in [3.05, 3.63) is 22.6 Å². The second-order valence-corrected chi connectivity index (χ2v) is 7.18. The highest BCUT2D eigenvalue weighted by molar-refractivity contribution is 7.20. The monoisotopic (exact) mass is 304 g/mol. The van der Waals surface area contributed by atoms with Gasteiger partial charge in [0.2, 0.25) is 10.1 Å². The molecule has 0 aromatic carbocycles. The second kappa shape index (κ2) is 5.40. The molecule has 2 aliphatic carbocycles. The fourth-order valence-electron chi connectivity index (χ4n) is 3.20. The third-order valence-electron chi connectivity index (χ3n) is 4.57. The Morgan fingerprint density at radius 1 is 1.24 bits per heavy atom. The quantitative estimate of drug-likeness (QED) is 0.871. The van der Waals surface area contributed by atoms with E-state index in [9.17, 15) is 4.79 Å². The first-order valence-corrected chi connectivity index (χ1v) is 8.74. The number of hydrogen-bond donors (Lipinski definition) is 0. The Hall–Kier alpha value is -1.43. The molecule has 4 rings (SSSR count). The van der Waals surface area contributed by atoms with Crippen molar-refractivity contribution in [2.24, 2.45) is 5.92 Å². The minimum absolute atomic E-state index is 0.0856. The van der Waals surface area contributed by atoms with Crippen LogP contribution < -0.4 is 10.5 Å². The molecule has 0 atom stereocenters. The lowest BCUT2D eigenvalue weighted by Crippen LogP contribution is -2.38. The van der Waals surface area contributed by atoms with Crippen LogP contribution in [0, 0.1) is 5.92 Å². The summed E-state index contributed by atoms with van der Waals surface area (Å²) >= 11 is 1.55. The van der Waals surface area contributed by atoms with Crippen molar-refractivity contribution in [2.75, 3.05) is 11.4 Å². The summed E-state index contributed by atoms with van der Waals surface area (Å²) in [7, 11) is 0. The summed E-state index contributed by atoms with van der Waals surface area (Å²) in [5.74, 6) is 0.823. The van der Waals surface area contributed by atoms with Gasteiger partial charge in [-0.05, 0) is 31.6 Å². The predicted molar refractivity (Wildman–Crippen MR) is 84.1 cm³/mol. The van der Waals surface area contributed by atoms with E-state index >= 15 is 0 Å². The number of anilines is 1. The second-order valence-electron chi connectivity index (χ2n) is 6.25. The van der Waals surface area contributed by atoms with Gasteiger partial charge in [0, 0.05) is 24.8 Å². The third kappa shape index (κ3) is 2.69. The highest BCUT2D eigenvalue weighted by atomic mass is 32.1. The van der Waals surface area contributed by atoms with Crippen molar-refractivity contribution >= 4 is 21.4 Å². The molecule has 0 spiro atoms. The zero-order chi connectivity index (χ0) is 14.2. The maximum absolute atomic E-state index is 11.9. The average molecular weight is 304 g/mol. The molecule has 0 aliphatic heterocycles. The van der Waals surface area contributed by atoms with Crippen molar-refractivity contribution in [3.8, 4) is 0 Å². The number of rotatable bonds is 4. The molecule has 0 unspecified atom stereocenters. The van der Waals surface area contributed by atoms with Crippen LogP contribution in [0.1, 0.15) is 44.9 Å². The normalized spacial score (nSPS) is 20.0. The van der Waals surface area contributed by atoms with Crippen molar-refractivity contribution in [3.63, 3.8) is 0 Å². The fourth-order valence-corrected chi connectivity index (χ4v) is 4.16. The van der Waals surface area contributed by atoms with Gasteiger partial charge >= 0.3 is 0 Å². The van der Waals surface area contributed by atoms with Gasteiger partial charge in [0.25, 0.3) is 5.56 Å². The lowest BCUT2D eigenvalue weighted by molar-refractivity contribution is 0.409. The number of hydrogen-bond acceptors (Lipinski definition) is 5. The molecule has 112 valence electrons. The first-order valence-electron chi connectivity index (χ1n) is 7.93. The average Bonchev–Trinajstić information content (AvgIpc) is 3.23. The molecule has 2 heterocycles. The summed E-state index contributed by atoms with van der Waals surface area (Å²) in [6, 6.07) is 2.07. The lowest BCUT2D eigenvalue weighted by Gasteiger charge is -2.34. The molecule has 5 nitrogen and oxygen atoms in total. The van der Waals surface area contributed by atoms with Gasteiger partial charge in [0.05, 0.1) is 0 Å². The van der Waals surface area contributed by atoms with E-state index in [2.05, 4.69) is 15.0 Å². The van der Waals surface area contributed by atoms with E-state index in [0.29, 0.717) is 11.0 Å². The van der Waals surface area contributed by atoms with E-state index in [1.807, 2.05) is 0 Å². The van der Waals surface area contributed by atoms with Gasteiger partial charge in [0.15, 0.2) is 0 Å². The van der Waals surface area contributed by atoms with E-state index in [0.717, 1.165) is 17.6 Å². The lowest BCUT2D eigenvalue weighted by atomic mass is 9.94. The first kappa shape index (κ1) is 13.2. The van der Waals surface area contributed by atoms with Gasteiger partial charge < -0.3 is 4.90 Å². The topological polar surface area (TPSA) is 50.5 Å². The summed E-state index contributed by atoms with van der Waals surface area (Å²) in [5.41, 5.74) is -0.0856. The highest BCUT2D eigenvalue weighted by Gasteiger charge is 2.31. The Kier molecular flexibility index (Phi) is 3.41. The molecule has 2 fully saturated rings. The summed E-state index contributed by atoms with van der Waals surface area (Å²) in [5, 5.41) is 5.53. The Labute approximate surface area is 127 Å². The Morgan fingerprint density at radius 2 is 2.05 bits per heavy atom. The summed E-state index contributed by atoms with van der Waals surface area (Å²) in [4.78, 5) is 19.3. The Bertz CT molecular complexity index is 684. The zero-order valence-corrected chi connectivity index (χ0v) is 12.9. The molecule has 21 heavy (non-hydrogen) atoms. The maximum atomic E-state index is 11.9. The van der Waals surface area contributed by atoms with Gasteiger partial charge in [-0.2, -0.15) is 4.52 Å². The maximum Gasteiger partial charge on any atom is 0.275 e. The van der Waals surface area contributed by atoms with Crippen LogP contribution in [-0.4, -0.2) is 27.2 Å². The van der Waals surface area contributed by atoms with E-state index in [1.54, 1.807) is 17.5 Å². The SMILES string of the molecule is O=c1ccnc2sc(N(CC3CC3)C3CCCCC3)nn12.